The van der Waals surface area contributed by atoms with Crippen LogP contribution in [0.3, 0.4) is 0 Å². The fraction of sp³-hybridized carbons (Fsp3) is 1.00. The Labute approximate surface area is 69.8 Å². The average molecular weight is 156 g/mol. The summed E-state index contributed by atoms with van der Waals surface area (Å²) in [7, 11) is 2.02. The molecule has 1 heterocycles. The second-order valence-electron chi connectivity index (χ2n) is 3.39. The minimum Gasteiger partial charge on any atom is -0.320 e. The van der Waals surface area contributed by atoms with E-state index in [1.54, 1.807) is 0 Å². The van der Waals surface area contributed by atoms with Crippen LogP contribution in [0, 0.1) is 0 Å². The van der Waals surface area contributed by atoms with Crippen molar-refractivity contribution in [3.63, 3.8) is 0 Å². The molecule has 1 aliphatic heterocycles. The Morgan fingerprint density at radius 3 is 3.00 bits per heavy atom. The van der Waals surface area contributed by atoms with Gasteiger partial charge in [-0.05, 0) is 45.8 Å². The van der Waals surface area contributed by atoms with E-state index >= 15 is 0 Å². The molecule has 66 valence electrons. The van der Waals surface area contributed by atoms with Gasteiger partial charge in [-0.3, -0.25) is 0 Å². The van der Waals surface area contributed by atoms with Crippen molar-refractivity contribution >= 4 is 0 Å². The molecule has 0 amide bonds. The zero-order valence-corrected chi connectivity index (χ0v) is 7.53. The highest BCUT2D eigenvalue weighted by atomic mass is 14.9. The van der Waals surface area contributed by atoms with Gasteiger partial charge in [-0.2, -0.15) is 0 Å². The average Bonchev–Trinajstić information content (AvgIpc) is 2.07. The Morgan fingerprint density at radius 1 is 1.45 bits per heavy atom. The summed E-state index contributed by atoms with van der Waals surface area (Å²) in [6, 6.07) is 0.817. The van der Waals surface area contributed by atoms with Crippen molar-refractivity contribution in [2.24, 2.45) is 0 Å². The minimum atomic E-state index is 0.817. The molecule has 2 nitrogen and oxygen atoms in total. The van der Waals surface area contributed by atoms with Crippen molar-refractivity contribution in [2.75, 3.05) is 20.1 Å². The molecule has 1 rings (SSSR count). The van der Waals surface area contributed by atoms with Crippen molar-refractivity contribution in [1.82, 2.24) is 10.6 Å². The number of rotatable bonds is 4. The van der Waals surface area contributed by atoms with Gasteiger partial charge < -0.3 is 10.6 Å². The normalized spacial score (nSPS) is 25.4. The van der Waals surface area contributed by atoms with Crippen molar-refractivity contribution in [1.29, 1.82) is 0 Å². The first-order chi connectivity index (χ1) is 5.43. The van der Waals surface area contributed by atoms with E-state index in [1.807, 2.05) is 7.05 Å². The molecule has 0 aromatic heterocycles. The summed E-state index contributed by atoms with van der Waals surface area (Å²) in [4.78, 5) is 0. The molecule has 0 radical (unpaired) electrons. The third kappa shape index (κ3) is 3.73. The Morgan fingerprint density at radius 2 is 2.36 bits per heavy atom. The van der Waals surface area contributed by atoms with Crippen LogP contribution in [0.2, 0.25) is 0 Å². The van der Waals surface area contributed by atoms with E-state index in [2.05, 4.69) is 10.6 Å². The van der Waals surface area contributed by atoms with Crippen LogP contribution in [0.25, 0.3) is 0 Å². The maximum Gasteiger partial charge on any atom is 0.00675 e. The van der Waals surface area contributed by atoms with Crippen molar-refractivity contribution in [2.45, 2.75) is 38.1 Å². The highest BCUT2D eigenvalue weighted by Gasteiger charge is 2.10. The van der Waals surface area contributed by atoms with Gasteiger partial charge in [0.2, 0.25) is 0 Å². The number of hydrogen-bond donors (Lipinski definition) is 2. The van der Waals surface area contributed by atoms with Gasteiger partial charge in [0.25, 0.3) is 0 Å². The second kappa shape index (κ2) is 5.56. The molecule has 0 aromatic rings. The monoisotopic (exact) mass is 156 g/mol. The highest BCUT2D eigenvalue weighted by molar-refractivity contribution is 4.71. The molecule has 11 heavy (non-hydrogen) atoms. The first-order valence-electron chi connectivity index (χ1n) is 4.81. The van der Waals surface area contributed by atoms with Gasteiger partial charge in [0.15, 0.2) is 0 Å². The largest absolute Gasteiger partial charge is 0.320 e. The summed E-state index contributed by atoms with van der Waals surface area (Å²) < 4.78 is 0. The van der Waals surface area contributed by atoms with Crippen LogP contribution < -0.4 is 10.6 Å². The maximum absolute atomic E-state index is 3.55. The summed E-state index contributed by atoms with van der Waals surface area (Å²) >= 11 is 0. The lowest BCUT2D eigenvalue weighted by Crippen LogP contribution is -2.34. The molecule has 1 unspecified atom stereocenters. The predicted octanol–water partition coefficient (Wildman–Crippen LogP) is 1.13. The molecule has 2 heteroatoms. The van der Waals surface area contributed by atoms with Crippen LogP contribution >= 0.6 is 0 Å². The zero-order chi connectivity index (χ0) is 7.94. The van der Waals surface area contributed by atoms with E-state index in [9.17, 15) is 0 Å². The fourth-order valence-electron chi connectivity index (χ4n) is 1.70. The number of nitrogens with one attached hydrogen (secondary N) is 2. The van der Waals surface area contributed by atoms with E-state index in [4.69, 9.17) is 0 Å². The molecule has 0 saturated carbocycles. The van der Waals surface area contributed by atoms with E-state index in [-0.39, 0.29) is 0 Å². The lowest BCUT2D eigenvalue weighted by atomic mass is 10.0. The third-order valence-corrected chi connectivity index (χ3v) is 2.39. The van der Waals surface area contributed by atoms with Gasteiger partial charge in [0.1, 0.15) is 0 Å². The maximum atomic E-state index is 3.55. The van der Waals surface area contributed by atoms with Crippen molar-refractivity contribution < 1.29 is 0 Å². The van der Waals surface area contributed by atoms with E-state index in [1.165, 1.54) is 38.6 Å². The van der Waals surface area contributed by atoms with Crippen LogP contribution in [-0.2, 0) is 0 Å². The summed E-state index contributed by atoms with van der Waals surface area (Å²) in [6.07, 6.45) is 6.86. The van der Waals surface area contributed by atoms with Gasteiger partial charge in [-0.1, -0.05) is 6.42 Å². The van der Waals surface area contributed by atoms with Crippen LogP contribution in [0.1, 0.15) is 32.1 Å². The molecule has 0 bridgehead atoms. The number of piperidine rings is 1. The van der Waals surface area contributed by atoms with Crippen LogP contribution in [-0.4, -0.2) is 26.2 Å². The van der Waals surface area contributed by atoms with Gasteiger partial charge in [0.05, 0.1) is 0 Å². The van der Waals surface area contributed by atoms with Crippen molar-refractivity contribution in [3.8, 4) is 0 Å². The second-order valence-corrected chi connectivity index (χ2v) is 3.39. The van der Waals surface area contributed by atoms with Crippen LogP contribution in [0.4, 0.5) is 0 Å². The molecule has 0 aliphatic carbocycles. The van der Waals surface area contributed by atoms with E-state index < -0.39 is 0 Å². The summed E-state index contributed by atoms with van der Waals surface area (Å²) in [5, 5.41) is 6.73. The Bertz CT molecular complexity index is 87.6. The van der Waals surface area contributed by atoms with Gasteiger partial charge in [-0.15, -0.1) is 0 Å². The molecule has 1 saturated heterocycles. The topological polar surface area (TPSA) is 24.1 Å². The highest BCUT2D eigenvalue weighted by Crippen LogP contribution is 2.10. The minimum absolute atomic E-state index is 0.817. The van der Waals surface area contributed by atoms with Gasteiger partial charge >= 0.3 is 0 Å². The molecule has 1 aliphatic rings. The summed E-state index contributed by atoms with van der Waals surface area (Å²) in [5.41, 5.74) is 0. The molecular weight excluding hydrogens is 136 g/mol. The summed E-state index contributed by atoms with van der Waals surface area (Å²) in [5.74, 6) is 0. The van der Waals surface area contributed by atoms with E-state index in [0.29, 0.717) is 0 Å². The molecule has 0 spiro atoms. The van der Waals surface area contributed by atoms with Gasteiger partial charge in [-0.25, -0.2) is 0 Å². The molecular formula is C9H20N2. The predicted molar refractivity (Wildman–Crippen MR) is 48.8 cm³/mol. The lowest BCUT2D eigenvalue weighted by molar-refractivity contribution is 0.374. The Kier molecular flexibility index (Phi) is 4.55. The van der Waals surface area contributed by atoms with Crippen LogP contribution in [0.5, 0.6) is 0 Å². The van der Waals surface area contributed by atoms with E-state index in [0.717, 1.165) is 12.6 Å². The zero-order valence-electron chi connectivity index (χ0n) is 7.53. The first kappa shape index (κ1) is 9.01. The fourth-order valence-corrected chi connectivity index (χ4v) is 1.70. The quantitative estimate of drug-likeness (QED) is 0.596. The molecule has 0 aromatic carbocycles. The molecule has 1 atom stereocenters. The third-order valence-electron chi connectivity index (χ3n) is 2.39. The standard InChI is InChI=1S/C9H20N2/c1-10-7-4-6-9-5-2-3-8-11-9/h9-11H,2-8H2,1H3. The van der Waals surface area contributed by atoms with Gasteiger partial charge in [0, 0.05) is 6.04 Å². The SMILES string of the molecule is CNCCCC1CCCCN1. The number of hydrogen-bond acceptors (Lipinski definition) is 2. The summed E-state index contributed by atoms with van der Waals surface area (Å²) in [6.45, 7) is 2.41. The lowest BCUT2D eigenvalue weighted by Gasteiger charge is -2.23. The first-order valence-corrected chi connectivity index (χ1v) is 4.81. The molecule has 1 fully saturated rings. The van der Waals surface area contributed by atoms with Crippen molar-refractivity contribution in [3.05, 3.63) is 0 Å². The molecule has 2 N–H and O–H groups in total. The smallest absolute Gasteiger partial charge is 0.00675 e. The Hall–Kier alpha value is -0.0800. The Balaban J connectivity index is 1.96. The van der Waals surface area contributed by atoms with Crippen LogP contribution in [0.15, 0.2) is 0 Å².